The van der Waals surface area contributed by atoms with Crippen molar-refractivity contribution in [3.63, 3.8) is 0 Å². The molecular weight excluding hydrogens is 549 g/mol. The Morgan fingerprint density at radius 2 is 1.78 bits per heavy atom. The van der Waals surface area contributed by atoms with Gasteiger partial charge in [0.2, 0.25) is 5.16 Å². The number of ether oxygens (including phenoxy) is 2. The van der Waals surface area contributed by atoms with Gasteiger partial charge in [0.1, 0.15) is 0 Å². The third-order valence-electron chi connectivity index (χ3n) is 5.78. The van der Waals surface area contributed by atoms with Gasteiger partial charge in [-0.15, -0.1) is 5.10 Å². The Balaban J connectivity index is 1.55. The van der Waals surface area contributed by atoms with E-state index >= 15 is 0 Å². The second-order valence-electron chi connectivity index (χ2n) is 8.29. The number of aliphatic hydroxyl groups excluding tert-OH is 1. The van der Waals surface area contributed by atoms with Gasteiger partial charge in [0, 0.05) is 30.0 Å². The third kappa shape index (κ3) is 6.49. The van der Waals surface area contributed by atoms with Crippen molar-refractivity contribution in [2.45, 2.75) is 41.0 Å². The van der Waals surface area contributed by atoms with Crippen LogP contribution in [0.15, 0.2) is 53.7 Å². The molecular formula is C23H24Cl3N5O4S. The number of aliphatic hydroxyl groups is 1. The van der Waals surface area contributed by atoms with Gasteiger partial charge in [0.25, 0.3) is 9.70 Å². The molecule has 36 heavy (non-hydrogen) atoms. The van der Waals surface area contributed by atoms with Crippen LogP contribution < -0.4 is 5.32 Å². The van der Waals surface area contributed by atoms with Crippen molar-refractivity contribution < 1.29 is 19.4 Å². The molecule has 2 heterocycles. The molecule has 1 aliphatic heterocycles. The quantitative estimate of drug-likeness (QED) is 0.312. The first-order chi connectivity index (χ1) is 17.2. The molecule has 1 amide bonds. The van der Waals surface area contributed by atoms with E-state index in [1.165, 1.54) is 11.8 Å². The Labute approximate surface area is 227 Å². The lowest BCUT2D eigenvalue weighted by Gasteiger charge is -2.41. The highest BCUT2D eigenvalue weighted by atomic mass is 35.6. The van der Waals surface area contributed by atoms with E-state index in [0.29, 0.717) is 16.6 Å². The van der Waals surface area contributed by atoms with E-state index in [4.69, 9.17) is 44.3 Å². The van der Waals surface area contributed by atoms with Crippen molar-refractivity contribution in [3.05, 3.63) is 65.2 Å². The number of alkyl halides is 3. The molecule has 13 heteroatoms. The molecule has 2 aromatic carbocycles. The van der Waals surface area contributed by atoms with Gasteiger partial charge < -0.3 is 19.9 Å². The van der Waals surface area contributed by atoms with E-state index < -0.39 is 16.0 Å². The number of carbonyl (C=O) groups is 1. The Kier molecular flexibility index (Phi) is 8.77. The smallest absolute Gasteiger partial charge is 0.276 e. The normalized spacial score (nSPS) is 22.4. The zero-order valence-electron chi connectivity index (χ0n) is 19.3. The summed E-state index contributed by atoms with van der Waals surface area (Å²) in [5.74, 6) is -0.128. The number of anilines is 1. The molecule has 3 aromatic rings. The van der Waals surface area contributed by atoms with E-state index in [1.54, 1.807) is 36.0 Å². The summed E-state index contributed by atoms with van der Waals surface area (Å²) in [4.78, 5) is 11.9. The van der Waals surface area contributed by atoms with Crippen molar-refractivity contribution in [2.24, 2.45) is 13.0 Å². The number of aryl methyl sites for hydroxylation is 1. The first-order valence-corrected chi connectivity index (χ1v) is 13.1. The van der Waals surface area contributed by atoms with Crippen LogP contribution in [0.5, 0.6) is 0 Å². The van der Waals surface area contributed by atoms with Crippen molar-refractivity contribution in [2.75, 3.05) is 11.1 Å². The molecule has 1 fully saturated rings. The fraction of sp³-hybridized carbons (Fsp3) is 0.391. The third-order valence-corrected chi connectivity index (χ3v) is 7.39. The van der Waals surface area contributed by atoms with Crippen LogP contribution in [0.3, 0.4) is 0 Å². The minimum atomic E-state index is -2.06. The fourth-order valence-electron chi connectivity index (χ4n) is 3.74. The van der Waals surface area contributed by atoms with Crippen LogP contribution >= 0.6 is 46.6 Å². The van der Waals surface area contributed by atoms with Crippen LogP contribution in [0.1, 0.15) is 36.0 Å². The molecule has 192 valence electrons. The molecule has 0 aliphatic carbocycles. The van der Waals surface area contributed by atoms with E-state index in [9.17, 15) is 9.90 Å². The molecule has 0 bridgehead atoms. The monoisotopic (exact) mass is 571 g/mol. The van der Waals surface area contributed by atoms with Gasteiger partial charge >= 0.3 is 0 Å². The van der Waals surface area contributed by atoms with Crippen LogP contribution in [0.2, 0.25) is 0 Å². The SMILES string of the molecule is CC1C(CSc2nnnn2C)OC(c2ccc(NC(=O)C(Cl)(Cl)Cl)cc2)OC1c1ccc(CO)cc1. The minimum absolute atomic E-state index is 0.0118. The first-order valence-electron chi connectivity index (χ1n) is 11.0. The second-order valence-corrected chi connectivity index (χ2v) is 11.6. The van der Waals surface area contributed by atoms with Gasteiger partial charge in [-0.1, -0.05) is 89.9 Å². The van der Waals surface area contributed by atoms with E-state index in [2.05, 4.69) is 27.8 Å². The van der Waals surface area contributed by atoms with Gasteiger partial charge in [-0.2, -0.15) is 0 Å². The van der Waals surface area contributed by atoms with Crippen molar-refractivity contribution in [1.82, 2.24) is 20.2 Å². The summed E-state index contributed by atoms with van der Waals surface area (Å²) < 4.78 is 12.4. The Morgan fingerprint density at radius 3 is 2.36 bits per heavy atom. The zero-order valence-corrected chi connectivity index (χ0v) is 22.4. The summed E-state index contributed by atoms with van der Waals surface area (Å²) >= 11 is 18.4. The van der Waals surface area contributed by atoms with E-state index in [0.717, 1.165) is 16.7 Å². The van der Waals surface area contributed by atoms with Crippen LogP contribution in [-0.4, -0.2) is 46.9 Å². The highest BCUT2D eigenvalue weighted by Crippen LogP contribution is 2.43. The van der Waals surface area contributed by atoms with Crippen LogP contribution in [0, 0.1) is 5.92 Å². The number of hydrogen-bond acceptors (Lipinski definition) is 8. The average molecular weight is 573 g/mol. The fourth-order valence-corrected chi connectivity index (χ4v) is 4.89. The molecule has 2 N–H and O–H groups in total. The van der Waals surface area contributed by atoms with Crippen LogP contribution in [0.25, 0.3) is 0 Å². The lowest BCUT2D eigenvalue weighted by molar-refractivity contribution is -0.268. The molecule has 1 aliphatic rings. The van der Waals surface area contributed by atoms with E-state index in [1.807, 2.05) is 24.3 Å². The van der Waals surface area contributed by atoms with Crippen molar-refractivity contribution in [1.29, 1.82) is 0 Å². The average Bonchev–Trinajstić information content (AvgIpc) is 3.28. The number of hydrogen-bond donors (Lipinski definition) is 2. The molecule has 1 aromatic heterocycles. The van der Waals surface area contributed by atoms with Crippen LogP contribution in [-0.2, 0) is 27.9 Å². The zero-order chi connectivity index (χ0) is 25.9. The number of halogens is 3. The predicted octanol–water partition coefficient (Wildman–Crippen LogP) is 4.59. The lowest BCUT2D eigenvalue weighted by atomic mass is 9.91. The summed E-state index contributed by atoms with van der Waals surface area (Å²) in [7, 11) is 1.79. The molecule has 1 saturated heterocycles. The number of benzene rings is 2. The predicted molar refractivity (Wildman–Crippen MR) is 138 cm³/mol. The molecule has 0 spiro atoms. The number of amides is 1. The standard InChI is InChI=1S/C23H24Cl3N5O4S/c1-13-18(12-36-22-28-29-30-31(22)2)34-20(35-19(13)15-5-3-14(11-32)4-6-15)16-7-9-17(10-8-16)27-21(33)23(24,25)26/h3-10,13,18-20,32H,11-12H2,1-2H3,(H,27,33). The van der Waals surface area contributed by atoms with Gasteiger partial charge in [0.15, 0.2) is 6.29 Å². The maximum atomic E-state index is 11.9. The van der Waals surface area contributed by atoms with Gasteiger partial charge in [-0.3, -0.25) is 4.79 Å². The lowest BCUT2D eigenvalue weighted by Crippen LogP contribution is -2.38. The summed E-state index contributed by atoms with van der Waals surface area (Å²) in [6, 6.07) is 14.6. The topological polar surface area (TPSA) is 111 Å². The molecule has 9 nitrogen and oxygen atoms in total. The van der Waals surface area contributed by atoms with Crippen LogP contribution in [0.4, 0.5) is 5.69 Å². The largest absolute Gasteiger partial charge is 0.392 e. The number of thioether (sulfide) groups is 1. The van der Waals surface area contributed by atoms with Crippen molar-refractivity contribution in [3.8, 4) is 0 Å². The van der Waals surface area contributed by atoms with Crippen molar-refractivity contribution >= 4 is 58.2 Å². The summed E-state index contributed by atoms with van der Waals surface area (Å²) in [5.41, 5.74) is 3.04. The number of carbonyl (C=O) groups excluding carboxylic acids is 1. The van der Waals surface area contributed by atoms with E-state index in [-0.39, 0.29) is 24.7 Å². The molecule has 4 atom stereocenters. The number of aromatic nitrogens is 4. The second kappa shape index (κ2) is 11.6. The summed E-state index contributed by atoms with van der Waals surface area (Å²) in [5, 5.41) is 24.3. The maximum absolute atomic E-state index is 11.9. The number of nitrogens with one attached hydrogen (secondary N) is 1. The highest BCUT2D eigenvalue weighted by Gasteiger charge is 2.38. The van der Waals surface area contributed by atoms with Gasteiger partial charge in [-0.25, -0.2) is 4.68 Å². The van der Waals surface area contributed by atoms with Gasteiger partial charge in [0.05, 0.1) is 18.8 Å². The molecule has 4 rings (SSSR count). The first kappa shape index (κ1) is 27.1. The summed E-state index contributed by atoms with van der Waals surface area (Å²) in [6.07, 6.45) is -1.11. The Morgan fingerprint density at radius 1 is 1.11 bits per heavy atom. The Bertz CT molecular complexity index is 1170. The number of tetrazole rings is 1. The highest BCUT2D eigenvalue weighted by molar-refractivity contribution is 7.99. The molecule has 0 saturated carbocycles. The maximum Gasteiger partial charge on any atom is 0.276 e. The summed E-state index contributed by atoms with van der Waals surface area (Å²) in [6.45, 7) is 2.05. The van der Waals surface area contributed by atoms with Gasteiger partial charge in [-0.05, 0) is 33.7 Å². The minimum Gasteiger partial charge on any atom is -0.392 e. The molecule has 4 unspecified atom stereocenters. The Hall–Kier alpha value is -1.92. The number of rotatable bonds is 7. The number of nitrogens with zero attached hydrogens (tertiary/aromatic N) is 4. The molecule has 0 radical (unpaired) electrons.